The Morgan fingerprint density at radius 3 is 2.50 bits per heavy atom. The molecule has 1 fully saturated rings. The molecule has 0 radical (unpaired) electrons. The van der Waals surface area contributed by atoms with Gasteiger partial charge in [-0.2, -0.15) is 4.98 Å². The molecule has 216 valence electrons. The van der Waals surface area contributed by atoms with Crippen molar-refractivity contribution in [3.8, 4) is 22.5 Å². The first-order chi connectivity index (χ1) is 20.3. The summed E-state index contributed by atoms with van der Waals surface area (Å²) in [5.41, 5.74) is 6.69. The van der Waals surface area contributed by atoms with Gasteiger partial charge in [0.25, 0.3) is 0 Å². The number of aromatic amines is 1. The van der Waals surface area contributed by atoms with Crippen LogP contribution in [0.25, 0.3) is 33.5 Å². The number of fused-ring (bicyclic) bond motifs is 1. The van der Waals surface area contributed by atoms with E-state index in [1.807, 2.05) is 39.0 Å². The van der Waals surface area contributed by atoms with Crippen LogP contribution in [0.5, 0.6) is 0 Å². The zero-order chi connectivity index (χ0) is 29.3. The average molecular weight is 567 g/mol. The highest BCUT2D eigenvalue weighted by atomic mass is 16.5. The lowest BCUT2D eigenvalue weighted by Crippen LogP contribution is -2.43. The second-order valence-electron chi connectivity index (χ2n) is 11.4. The number of aromatic nitrogens is 5. The van der Waals surface area contributed by atoms with Crippen molar-refractivity contribution in [1.82, 2.24) is 35.7 Å². The number of amides is 1. The normalized spacial score (nSPS) is 14.0. The van der Waals surface area contributed by atoms with Crippen LogP contribution in [0.15, 0.2) is 59.4 Å². The minimum atomic E-state index is -0.468. The number of carbonyl (C=O) groups is 1. The highest BCUT2D eigenvalue weighted by Gasteiger charge is 2.24. The van der Waals surface area contributed by atoms with Crippen LogP contribution in [0.2, 0.25) is 0 Å². The van der Waals surface area contributed by atoms with Crippen molar-refractivity contribution in [3.05, 3.63) is 77.7 Å². The van der Waals surface area contributed by atoms with E-state index in [2.05, 4.69) is 71.0 Å². The third kappa shape index (κ3) is 5.61. The first-order valence-corrected chi connectivity index (χ1v) is 14.1. The summed E-state index contributed by atoms with van der Waals surface area (Å²) < 4.78 is 5.14. The minimum Gasteiger partial charge on any atom is -0.392 e. The lowest BCUT2D eigenvalue weighted by Gasteiger charge is -2.29. The molecule has 0 atom stereocenters. The van der Waals surface area contributed by atoms with E-state index >= 15 is 0 Å². The smallest absolute Gasteiger partial charge is 0.315 e. The summed E-state index contributed by atoms with van der Waals surface area (Å²) in [7, 11) is 0. The number of rotatable bonds is 7. The van der Waals surface area contributed by atoms with Gasteiger partial charge in [0, 0.05) is 60.5 Å². The van der Waals surface area contributed by atoms with E-state index in [1.165, 1.54) is 12.0 Å². The number of piperazine rings is 1. The molecule has 42 heavy (non-hydrogen) atoms. The van der Waals surface area contributed by atoms with Crippen LogP contribution in [-0.4, -0.2) is 62.3 Å². The van der Waals surface area contributed by atoms with Gasteiger partial charge in [0.15, 0.2) is 5.82 Å². The first kappa shape index (κ1) is 27.6. The molecule has 2 aromatic carbocycles. The van der Waals surface area contributed by atoms with Crippen LogP contribution in [-0.2, 0) is 18.6 Å². The number of nitrogens with zero attached hydrogens (tertiary/aromatic N) is 5. The maximum atomic E-state index is 12.6. The number of anilines is 1. The molecule has 1 saturated heterocycles. The summed E-state index contributed by atoms with van der Waals surface area (Å²) in [5, 5.41) is 21.1. The maximum absolute atomic E-state index is 12.6. The Hall–Kier alpha value is -4.61. The third-order valence-electron chi connectivity index (χ3n) is 7.47. The molecular formula is C31H34N8O3. The Morgan fingerprint density at radius 1 is 1.02 bits per heavy atom. The molecule has 0 saturated carbocycles. The van der Waals surface area contributed by atoms with Crippen molar-refractivity contribution in [2.45, 2.75) is 39.3 Å². The molecule has 3 aromatic heterocycles. The number of hydrogen-bond donors (Lipinski definition) is 4. The van der Waals surface area contributed by atoms with Gasteiger partial charge >= 0.3 is 11.8 Å². The molecule has 5 aromatic rings. The number of aliphatic hydroxyl groups is 1. The zero-order valence-electron chi connectivity index (χ0n) is 23.9. The summed E-state index contributed by atoms with van der Waals surface area (Å²) in [5.74, 6) is -0.0965. The van der Waals surface area contributed by atoms with Gasteiger partial charge in [0.2, 0.25) is 0 Å². The fraction of sp³-hybridized carbons (Fsp3) is 0.323. The summed E-state index contributed by atoms with van der Waals surface area (Å²) >= 11 is 0. The number of hydrogen-bond acceptors (Lipinski definition) is 9. The summed E-state index contributed by atoms with van der Waals surface area (Å²) in [6.07, 6.45) is 1.54. The molecule has 4 N–H and O–H groups in total. The number of benzene rings is 2. The van der Waals surface area contributed by atoms with Gasteiger partial charge in [-0.3, -0.25) is 4.79 Å². The molecule has 1 amide bonds. The summed E-state index contributed by atoms with van der Waals surface area (Å²) in [6, 6.07) is 16.3. The van der Waals surface area contributed by atoms with E-state index in [1.54, 1.807) is 0 Å². The number of aliphatic hydroxyl groups excluding tert-OH is 1. The predicted molar refractivity (Wildman–Crippen MR) is 160 cm³/mol. The van der Waals surface area contributed by atoms with Crippen molar-refractivity contribution in [2.24, 2.45) is 0 Å². The van der Waals surface area contributed by atoms with Crippen molar-refractivity contribution < 1.29 is 14.4 Å². The van der Waals surface area contributed by atoms with Crippen LogP contribution < -0.4 is 15.5 Å². The SMILES string of the molecule is CC(C)(C)c1noc(C(=O)NCc2ccc(-c3ncnc4[nH]c(-c5ccc(N6CCNCC6)cc5)cc34)cc2CO)n1. The van der Waals surface area contributed by atoms with Gasteiger partial charge in [-0.25, -0.2) is 9.97 Å². The predicted octanol–water partition coefficient (Wildman–Crippen LogP) is 3.80. The third-order valence-corrected chi connectivity index (χ3v) is 7.47. The van der Waals surface area contributed by atoms with E-state index in [9.17, 15) is 9.90 Å². The van der Waals surface area contributed by atoms with Crippen LogP contribution in [0, 0.1) is 0 Å². The van der Waals surface area contributed by atoms with E-state index in [4.69, 9.17) is 4.52 Å². The van der Waals surface area contributed by atoms with E-state index < -0.39 is 5.91 Å². The first-order valence-electron chi connectivity index (χ1n) is 14.1. The fourth-order valence-electron chi connectivity index (χ4n) is 5.06. The molecule has 4 heterocycles. The molecule has 1 aliphatic heterocycles. The number of nitrogens with one attached hydrogen (secondary N) is 3. The van der Waals surface area contributed by atoms with Gasteiger partial charge in [0.05, 0.1) is 12.3 Å². The molecule has 0 unspecified atom stereocenters. The van der Waals surface area contributed by atoms with E-state index in [-0.39, 0.29) is 24.5 Å². The molecule has 1 aliphatic rings. The molecule has 11 heteroatoms. The van der Waals surface area contributed by atoms with Crippen molar-refractivity contribution in [3.63, 3.8) is 0 Å². The maximum Gasteiger partial charge on any atom is 0.315 e. The number of H-pyrrole nitrogens is 1. The molecule has 0 aliphatic carbocycles. The molecule has 6 rings (SSSR count). The molecule has 0 spiro atoms. The second kappa shape index (κ2) is 11.3. The van der Waals surface area contributed by atoms with E-state index in [0.29, 0.717) is 11.4 Å². The van der Waals surface area contributed by atoms with E-state index in [0.717, 1.165) is 65.3 Å². The lowest BCUT2D eigenvalue weighted by atomic mass is 9.96. The van der Waals surface area contributed by atoms with Crippen LogP contribution >= 0.6 is 0 Å². The van der Waals surface area contributed by atoms with Crippen LogP contribution in [0.1, 0.15) is 48.4 Å². The van der Waals surface area contributed by atoms with Crippen LogP contribution in [0.4, 0.5) is 5.69 Å². The minimum absolute atomic E-state index is 0.0906. The van der Waals surface area contributed by atoms with Gasteiger partial charge in [-0.05, 0) is 41.0 Å². The Bertz CT molecular complexity index is 1710. The van der Waals surface area contributed by atoms with Gasteiger partial charge in [0.1, 0.15) is 12.0 Å². The lowest BCUT2D eigenvalue weighted by molar-refractivity contribution is 0.0906. The molecule has 0 bridgehead atoms. The second-order valence-corrected chi connectivity index (χ2v) is 11.4. The quantitative estimate of drug-likeness (QED) is 0.231. The molecular weight excluding hydrogens is 532 g/mol. The summed E-state index contributed by atoms with van der Waals surface area (Å²) in [4.78, 5) is 31.7. The molecule has 11 nitrogen and oxygen atoms in total. The van der Waals surface area contributed by atoms with Gasteiger partial charge in [-0.1, -0.05) is 50.2 Å². The average Bonchev–Trinajstić information content (AvgIpc) is 3.69. The van der Waals surface area contributed by atoms with Crippen LogP contribution in [0.3, 0.4) is 0 Å². The fourth-order valence-corrected chi connectivity index (χ4v) is 5.06. The highest BCUT2D eigenvalue weighted by molar-refractivity contribution is 5.94. The summed E-state index contributed by atoms with van der Waals surface area (Å²) in [6.45, 7) is 9.83. The van der Waals surface area contributed by atoms with Gasteiger partial charge in [-0.15, -0.1) is 0 Å². The number of carbonyl (C=O) groups excluding carboxylic acids is 1. The van der Waals surface area contributed by atoms with Crippen molar-refractivity contribution in [2.75, 3.05) is 31.1 Å². The highest BCUT2D eigenvalue weighted by Crippen LogP contribution is 2.32. The Morgan fingerprint density at radius 2 is 1.79 bits per heavy atom. The van der Waals surface area contributed by atoms with Crippen molar-refractivity contribution >= 4 is 22.6 Å². The van der Waals surface area contributed by atoms with Crippen molar-refractivity contribution in [1.29, 1.82) is 0 Å². The topological polar surface area (TPSA) is 145 Å². The Balaban J connectivity index is 1.21. The largest absolute Gasteiger partial charge is 0.392 e. The Labute approximate surface area is 243 Å². The zero-order valence-corrected chi connectivity index (χ0v) is 23.9. The monoisotopic (exact) mass is 566 g/mol. The Kier molecular flexibility index (Phi) is 7.44. The standard InChI is InChI=1S/C31H34N8O3/c1-31(2,3)30-37-29(42-38-30)28(41)33-16-21-5-4-20(14-22(21)17-40)26-24-15-25(36-27(24)35-18-34-26)19-6-8-23(9-7-19)39-12-10-32-11-13-39/h4-9,14-15,18,32,40H,10-13,16-17H2,1-3H3,(H,33,41)(H,34,35,36). The van der Waals surface area contributed by atoms with Gasteiger partial charge < -0.3 is 30.1 Å².